The van der Waals surface area contributed by atoms with E-state index in [2.05, 4.69) is 10.3 Å². The summed E-state index contributed by atoms with van der Waals surface area (Å²) in [5.74, 6) is 0.970. The minimum atomic E-state index is -2.79. The highest BCUT2D eigenvalue weighted by atomic mass is 32.2. The van der Waals surface area contributed by atoms with E-state index in [9.17, 15) is 8.42 Å². The Labute approximate surface area is 90.1 Å². The molecule has 2 fully saturated rings. The molecule has 6 heteroatoms. The Morgan fingerprint density at radius 1 is 1.20 bits per heavy atom. The lowest BCUT2D eigenvalue weighted by atomic mass is 10.2. The van der Waals surface area contributed by atoms with Crippen molar-refractivity contribution in [2.75, 3.05) is 11.5 Å². The summed E-state index contributed by atoms with van der Waals surface area (Å²) in [5, 5.41) is 3.10. The third-order valence-corrected chi connectivity index (χ3v) is 4.49. The first-order chi connectivity index (χ1) is 7.05. The van der Waals surface area contributed by atoms with Gasteiger partial charge in [-0.1, -0.05) is 0 Å². The maximum atomic E-state index is 11.2. The molecule has 0 aromatic carbocycles. The third kappa shape index (κ3) is 3.37. The zero-order valence-corrected chi connectivity index (χ0v) is 9.46. The van der Waals surface area contributed by atoms with Crippen molar-refractivity contribution in [1.82, 2.24) is 5.32 Å². The first-order valence-electron chi connectivity index (χ1n) is 5.35. The van der Waals surface area contributed by atoms with Crippen LogP contribution in [0.5, 0.6) is 0 Å². The molecule has 1 saturated carbocycles. The van der Waals surface area contributed by atoms with Crippen molar-refractivity contribution in [3.05, 3.63) is 0 Å². The molecule has 86 valence electrons. The topological polar surface area (TPSA) is 84.5 Å². The summed E-state index contributed by atoms with van der Waals surface area (Å²) in [4.78, 5) is 4.30. The Balaban J connectivity index is 1.84. The van der Waals surface area contributed by atoms with Gasteiger partial charge in [0.05, 0.1) is 17.5 Å². The largest absolute Gasteiger partial charge is 0.370 e. The van der Waals surface area contributed by atoms with Crippen molar-refractivity contribution in [3.63, 3.8) is 0 Å². The van der Waals surface area contributed by atoms with Gasteiger partial charge in [-0.05, 0) is 25.7 Å². The van der Waals surface area contributed by atoms with Crippen LogP contribution in [0.3, 0.4) is 0 Å². The molecule has 0 unspecified atom stereocenters. The van der Waals surface area contributed by atoms with Crippen molar-refractivity contribution in [3.8, 4) is 0 Å². The summed E-state index contributed by atoms with van der Waals surface area (Å²) in [5.41, 5.74) is 5.70. The zero-order chi connectivity index (χ0) is 10.9. The fourth-order valence-corrected chi connectivity index (χ4v) is 3.14. The molecule has 2 rings (SSSR count). The molecule has 0 aromatic rings. The first kappa shape index (κ1) is 10.7. The average molecular weight is 231 g/mol. The maximum Gasteiger partial charge on any atom is 0.189 e. The van der Waals surface area contributed by atoms with Crippen LogP contribution >= 0.6 is 0 Å². The van der Waals surface area contributed by atoms with E-state index in [1.165, 1.54) is 0 Å². The van der Waals surface area contributed by atoms with Crippen molar-refractivity contribution < 1.29 is 8.42 Å². The van der Waals surface area contributed by atoms with Crippen molar-refractivity contribution in [1.29, 1.82) is 0 Å². The van der Waals surface area contributed by atoms with Gasteiger partial charge in [0, 0.05) is 6.04 Å². The summed E-state index contributed by atoms with van der Waals surface area (Å²) < 4.78 is 22.3. The second kappa shape index (κ2) is 4.00. The highest BCUT2D eigenvalue weighted by molar-refractivity contribution is 7.91. The van der Waals surface area contributed by atoms with Gasteiger partial charge in [0.1, 0.15) is 9.84 Å². The number of hydrogen-bond acceptors (Lipinski definition) is 3. The van der Waals surface area contributed by atoms with Gasteiger partial charge in [-0.15, -0.1) is 0 Å². The minimum absolute atomic E-state index is 0.0831. The van der Waals surface area contributed by atoms with E-state index >= 15 is 0 Å². The Morgan fingerprint density at radius 3 is 2.33 bits per heavy atom. The van der Waals surface area contributed by atoms with E-state index < -0.39 is 9.84 Å². The number of aliphatic imine (C=N–C) groups is 1. The van der Waals surface area contributed by atoms with Crippen LogP contribution in [-0.4, -0.2) is 38.0 Å². The van der Waals surface area contributed by atoms with Crippen molar-refractivity contribution in [2.45, 2.75) is 37.8 Å². The number of rotatable bonds is 2. The van der Waals surface area contributed by atoms with E-state index in [0.717, 1.165) is 12.8 Å². The molecule has 15 heavy (non-hydrogen) atoms. The van der Waals surface area contributed by atoms with Crippen LogP contribution in [-0.2, 0) is 9.84 Å². The van der Waals surface area contributed by atoms with E-state index in [-0.39, 0.29) is 17.5 Å². The summed E-state index contributed by atoms with van der Waals surface area (Å²) in [6, 6.07) is 0.584. The predicted molar refractivity (Wildman–Crippen MR) is 59.5 cm³/mol. The number of sulfone groups is 1. The summed E-state index contributed by atoms with van der Waals surface area (Å²) in [6.45, 7) is 0. The Hall–Kier alpha value is -0.780. The van der Waals surface area contributed by atoms with Crippen LogP contribution in [0, 0.1) is 0 Å². The number of guanidine groups is 1. The second-order valence-electron chi connectivity index (χ2n) is 4.32. The lowest BCUT2D eigenvalue weighted by molar-refractivity contribution is 0.546. The monoisotopic (exact) mass is 231 g/mol. The number of nitrogens with zero attached hydrogens (tertiary/aromatic N) is 1. The van der Waals surface area contributed by atoms with E-state index in [1.807, 2.05) is 0 Å². The zero-order valence-electron chi connectivity index (χ0n) is 8.65. The smallest absolute Gasteiger partial charge is 0.189 e. The van der Waals surface area contributed by atoms with Gasteiger partial charge in [-0.2, -0.15) is 0 Å². The van der Waals surface area contributed by atoms with Gasteiger partial charge in [-0.25, -0.2) is 8.42 Å². The summed E-state index contributed by atoms with van der Waals surface area (Å²) >= 11 is 0. The first-order valence-corrected chi connectivity index (χ1v) is 7.17. The highest BCUT2D eigenvalue weighted by Gasteiger charge is 2.25. The molecule has 0 amide bonds. The second-order valence-corrected chi connectivity index (χ2v) is 6.62. The van der Waals surface area contributed by atoms with E-state index in [1.54, 1.807) is 0 Å². The molecule has 2 aliphatic rings. The molecular weight excluding hydrogens is 214 g/mol. The summed E-state index contributed by atoms with van der Waals surface area (Å²) in [7, 11) is -2.79. The van der Waals surface area contributed by atoms with Crippen LogP contribution in [0.1, 0.15) is 25.7 Å². The predicted octanol–water partition coefficient (Wildman–Crippen LogP) is -0.370. The number of nitrogens with two attached hydrogens (primary N) is 1. The van der Waals surface area contributed by atoms with Gasteiger partial charge >= 0.3 is 0 Å². The highest BCUT2D eigenvalue weighted by Crippen LogP contribution is 2.19. The number of nitrogens with one attached hydrogen (secondary N) is 1. The fraction of sp³-hybridized carbons (Fsp3) is 0.889. The Bertz CT molecular complexity index is 346. The standard InChI is InChI=1S/C9H17N3O2S/c10-9(11-7-1-2-7)12-8-3-5-15(13,14)6-4-8/h7-8H,1-6H2,(H3,10,11,12). The molecule has 0 aromatic heterocycles. The van der Waals surface area contributed by atoms with Crippen LogP contribution < -0.4 is 11.1 Å². The van der Waals surface area contributed by atoms with Gasteiger partial charge in [0.25, 0.3) is 0 Å². The third-order valence-electron chi connectivity index (χ3n) is 2.78. The summed E-state index contributed by atoms with van der Waals surface area (Å²) in [6.07, 6.45) is 3.54. The molecule has 0 spiro atoms. The fourth-order valence-electron chi connectivity index (χ4n) is 1.68. The van der Waals surface area contributed by atoms with Crippen molar-refractivity contribution in [2.24, 2.45) is 10.7 Å². The molecule has 1 saturated heterocycles. The molecule has 0 radical (unpaired) electrons. The molecule has 3 N–H and O–H groups in total. The lowest BCUT2D eigenvalue weighted by Crippen LogP contribution is -2.36. The Morgan fingerprint density at radius 2 is 1.80 bits per heavy atom. The Kier molecular flexibility index (Phi) is 2.86. The normalized spacial score (nSPS) is 27.6. The molecule has 5 nitrogen and oxygen atoms in total. The molecule has 0 atom stereocenters. The minimum Gasteiger partial charge on any atom is -0.370 e. The van der Waals surface area contributed by atoms with Gasteiger partial charge in [-0.3, -0.25) is 4.99 Å². The quantitative estimate of drug-likeness (QED) is 0.501. The van der Waals surface area contributed by atoms with Gasteiger partial charge < -0.3 is 11.1 Å². The van der Waals surface area contributed by atoms with Gasteiger partial charge in [0.2, 0.25) is 0 Å². The SMILES string of the molecule is NC(=NC1CCS(=O)(=O)CC1)NC1CC1. The average Bonchev–Trinajstić information content (AvgIpc) is 2.92. The molecular formula is C9H17N3O2S. The molecule has 1 heterocycles. The van der Waals surface area contributed by atoms with E-state index in [0.29, 0.717) is 24.8 Å². The van der Waals surface area contributed by atoms with E-state index in [4.69, 9.17) is 5.73 Å². The van der Waals surface area contributed by atoms with Crippen LogP contribution in [0.25, 0.3) is 0 Å². The number of hydrogen-bond donors (Lipinski definition) is 2. The van der Waals surface area contributed by atoms with Crippen LogP contribution in [0.15, 0.2) is 4.99 Å². The van der Waals surface area contributed by atoms with Crippen LogP contribution in [0.2, 0.25) is 0 Å². The molecule has 1 aliphatic heterocycles. The van der Waals surface area contributed by atoms with Crippen LogP contribution in [0.4, 0.5) is 0 Å². The van der Waals surface area contributed by atoms with Gasteiger partial charge in [0.15, 0.2) is 5.96 Å². The lowest BCUT2D eigenvalue weighted by Gasteiger charge is -2.19. The van der Waals surface area contributed by atoms with Crippen molar-refractivity contribution >= 4 is 15.8 Å². The maximum absolute atomic E-state index is 11.2. The molecule has 0 bridgehead atoms. The molecule has 1 aliphatic carbocycles.